The molecule has 0 saturated carbocycles. The molecule has 0 spiro atoms. The summed E-state index contributed by atoms with van der Waals surface area (Å²) < 4.78 is 0. The molecular weight excluding hydrogens is 236 g/mol. The molecule has 0 aromatic rings. The lowest BCUT2D eigenvalue weighted by atomic mass is 9.97. The van der Waals surface area contributed by atoms with E-state index in [0.717, 1.165) is 38.6 Å². The molecule has 4 heteroatoms. The largest absolute Gasteiger partial charge is 0.356 e. The molecule has 0 fully saturated rings. The molecule has 0 unspecified atom stereocenters. The summed E-state index contributed by atoms with van der Waals surface area (Å²) in [6.45, 7) is 6.22. The first kappa shape index (κ1) is 16.0. The van der Waals surface area contributed by atoms with Crippen molar-refractivity contribution in [2.45, 2.75) is 39.0 Å². The van der Waals surface area contributed by atoms with Crippen LogP contribution in [0.3, 0.4) is 0 Å². The fraction of sp³-hybridized carbons (Fsp3) is 0.800. The minimum absolute atomic E-state index is 0.918. The van der Waals surface area contributed by atoms with Crippen molar-refractivity contribution < 1.29 is 0 Å². The van der Waals surface area contributed by atoms with Gasteiger partial charge in [-0.2, -0.15) is 0 Å². The molecule has 0 amide bonds. The van der Waals surface area contributed by atoms with Gasteiger partial charge in [0, 0.05) is 26.7 Å². The Kier molecular flexibility index (Phi) is 8.30. The van der Waals surface area contributed by atoms with Crippen LogP contribution in [-0.2, 0) is 0 Å². The molecule has 0 aromatic carbocycles. The third-order valence-electron chi connectivity index (χ3n) is 3.67. The van der Waals surface area contributed by atoms with E-state index in [-0.39, 0.29) is 0 Å². The highest BCUT2D eigenvalue weighted by Crippen LogP contribution is 2.19. The standard InChI is InChI=1S/C15H30N4/c1-4-19(3)13-12-18-15(16-2)17-11-10-14-8-6-5-7-9-14/h8H,4-7,9-13H2,1-3H3,(H2,16,17,18). The van der Waals surface area contributed by atoms with Gasteiger partial charge in [-0.1, -0.05) is 18.6 Å². The lowest BCUT2D eigenvalue weighted by molar-refractivity contribution is 0.357. The molecule has 1 aliphatic rings. The molecule has 0 aliphatic heterocycles. The average Bonchev–Trinajstić information content (AvgIpc) is 2.46. The topological polar surface area (TPSA) is 39.7 Å². The van der Waals surface area contributed by atoms with Gasteiger partial charge in [-0.15, -0.1) is 0 Å². The highest BCUT2D eigenvalue weighted by atomic mass is 15.2. The van der Waals surface area contributed by atoms with Crippen LogP contribution in [0.5, 0.6) is 0 Å². The number of likely N-dealkylation sites (N-methyl/N-ethyl adjacent to an activating group) is 1. The van der Waals surface area contributed by atoms with E-state index in [0.29, 0.717) is 0 Å². The third-order valence-corrected chi connectivity index (χ3v) is 3.67. The zero-order valence-electron chi connectivity index (χ0n) is 12.8. The second kappa shape index (κ2) is 9.84. The molecule has 1 rings (SSSR count). The summed E-state index contributed by atoms with van der Waals surface area (Å²) in [5.74, 6) is 0.918. The number of allylic oxidation sites excluding steroid dienone is 1. The van der Waals surface area contributed by atoms with Crippen molar-refractivity contribution in [3.63, 3.8) is 0 Å². The molecule has 0 radical (unpaired) electrons. The smallest absolute Gasteiger partial charge is 0.191 e. The average molecular weight is 266 g/mol. The predicted molar refractivity (Wildman–Crippen MR) is 83.7 cm³/mol. The Labute approximate surface area is 118 Å². The summed E-state index contributed by atoms with van der Waals surface area (Å²) in [4.78, 5) is 6.53. The monoisotopic (exact) mass is 266 g/mol. The van der Waals surface area contributed by atoms with E-state index in [9.17, 15) is 0 Å². The molecule has 0 aromatic heterocycles. The first-order chi connectivity index (χ1) is 9.26. The highest BCUT2D eigenvalue weighted by molar-refractivity contribution is 5.79. The van der Waals surface area contributed by atoms with Crippen molar-refractivity contribution in [2.75, 3.05) is 40.3 Å². The van der Waals surface area contributed by atoms with Crippen LogP contribution in [0, 0.1) is 0 Å². The van der Waals surface area contributed by atoms with E-state index in [1.165, 1.54) is 25.7 Å². The Balaban J connectivity index is 2.13. The fourth-order valence-electron chi connectivity index (χ4n) is 2.22. The van der Waals surface area contributed by atoms with Crippen molar-refractivity contribution in [3.05, 3.63) is 11.6 Å². The summed E-state index contributed by atoms with van der Waals surface area (Å²) in [6, 6.07) is 0. The maximum Gasteiger partial charge on any atom is 0.191 e. The van der Waals surface area contributed by atoms with E-state index >= 15 is 0 Å². The van der Waals surface area contributed by atoms with Crippen LogP contribution in [0.15, 0.2) is 16.6 Å². The number of rotatable bonds is 7. The van der Waals surface area contributed by atoms with E-state index in [1.54, 1.807) is 5.57 Å². The van der Waals surface area contributed by atoms with Crippen molar-refractivity contribution in [1.82, 2.24) is 15.5 Å². The number of guanidine groups is 1. The maximum absolute atomic E-state index is 4.25. The number of aliphatic imine (C=N–C) groups is 1. The normalized spacial score (nSPS) is 16.4. The Morgan fingerprint density at radius 2 is 2.11 bits per heavy atom. The quantitative estimate of drug-likeness (QED) is 0.420. The van der Waals surface area contributed by atoms with E-state index in [4.69, 9.17) is 0 Å². The lowest BCUT2D eigenvalue weighted by Gasteiger charge is -2.17. The second-order valence-electron chi connectivity index (χ2n) is 5.18. The summed E-state index contributed by atoms with van der Waals surface area (Å²) in [5.41, 5.74) is 1.61. The zero-order chi connectivity index (χ0) is 13.9. The molecule has 1 aliphatic carbocycles. The molecular formula is C15H30N4. The Hall–Kier alpha value is -1.03. The van der Waals surface area contributed by atoms with Gasteiger partial charge in [0.2, 0.25) is 0 Å². The van der Waals surface area contributed by atoms with Crippen molar-refractivity contribution >= 4 is 5.96 Å². The Morgan fingerprint density at radius 1 is 1.32 bits per heavy atom. The van der Waals surface area contributed by atoms with E-state index < -0.39 is 0 Å². The van der Waals surface area contributed by atoms with Gasteiger partial charge < -0.3 is 15.5 Å². The first-order valence-corrected chi connectivity index (χ1v) is 7.57. The summed E-state index contributed by atoms with van der Waals surface area (Å²) >= 11 is 0. The number of nitrogens with zero attached hydrogens (tertiary/aromatic N) is 2. The van der Waals surface area contributed by atoms with Gasteiger partial charge in [0.1, 0.15) is 0 Å². The lowest BCUT2D eigenvalue weighted by Crippen LogP contribution is -2.41. The van der Waals surface area contributed by atoms with Gasteiger partial charge in [-0.25, -0.2) is 0 Å². The van der Waals surface area contributed by atoms with Crippen LogP contribution < -0.4 is 10.6 Å². The first-order valence-electron chi connectivity index (χ1n) is 7.57. The number of hydrogen-bond acceptors (Lipinski definition) is 2. The van der Waals surface area contributed by atoms with Crippen LogP contribution in [0.4, 0.5) is 0 Å². The van der Waals surface area contributed by atoms with E-state index in [2.05, 4.69) is 40.6 Å². The second-order valence-corrected chi connectivity index (χ2v) is 5.18. The Bertz CT molecular complexity index is 297. The van der Waals surface area contributed by atoms with Crippen LogP contribution in [0.25, 0.3) is 0 Å². The molecule has 110 valence electrons. The van der Waals surface area contributed by atoms with Gasteiger partial charge in [-0.05, 0) is 45.7 Å². The van der Waals surface area contributed by atoms with Crippen LogP contribution in [0.2, 0.25) is 0 Å². The van der Waals surface area contributed by atoms with Crippen molar-refractivity contribution in [2.24, 2.45) is 4.99 Å². The van der Waals surface area contributed by atoms with Gasteiger partial charge >= 0.3 is 0 Å². The fourth-order valence-corrected chi connectivity index (χ4v) is 2.22. The van der Waals surface area contributed by atoms with Crippen LogP contribution >= 0.6 is 0 Å². The molecule has 0 saturated heterocycles. The van der Waals surface area contributed by atoms with Crippen molar-refractivity contribution in [1.29, 1.82) is 0 Å². The SMILES string of the molecule is CCN(C)CCNC(=NC)NCCC1=CCCCC1. The molecule has 2 N–H and O–H groups in total. The molecule has 4 nitrogen and oxygen atoms in total. The highest BCUT2D eigenvalue weighted by Gasteiger charge is 2.04. The Morgan fingerprint density at radius 3 is 2.74 bits per heavy atom. The third kappa shape index (κ3) is 7.21. The van der Waals surface area contributed by atoms with Crippen LogP contribution in [0.1, 0.15) is 39.0 Å². The number of hydrogen-bond donors (Lipinski definition) is 2. The minimum Gasteiger partial charge on any atom is -0.356 e. The molecule has 0 heterocycles. The summed E-state index contributed by atoms with van der Waals surface area (Å²) in [7, 11) is 3.96. The van der Waals surface area contributed by atoms with Gasteiger partial charge in [-0.3, -0.25) is 4.99 Å². The van der Waals surface area contributed by atoms with Crippen LogP contribution in [-0.4, -0.2) is 51.1 Å². The maximum atomic E-state index is 4.25. The number of nitrogens with one attached hydrogen (secondary N) is 2. The summed E-state index contributed by atoms with van der Waals surface area (Å²) in [6.07, 6.45) is 8.85. The predicted octanol–water partition coefficient (Wildman–Crippen LogP) is 1.99. The van der Waals surface area contributed by atoms with Crippen molar-refractivity contribution in [3.8, 4) is 0 Å². The molecule has 0 atom stereocenters. The zero-order valence-corrected chi connectivity index (χ0v) is 12.8. The minimum atomic E-state index is 0.918. The molecule has 0 bridgehead atoms. The van der Waals surface area contributed by atoms with Gasteiger partial charge in [0.15, 0.2) is 5.96 Å². The van der Waals surface area contributed by atoms with E-state index in [1.807, 2.05) is 7.05 Å². The van der Waals surface area contributed by atoms with Gasteiger partial charge in [0.05, 0.1) is 0 Å². The summed E-state index contributed by atoms with van der Waals surface area (Å²) in [5, 5.41) is 6.74. The molecule has 19 heavy (non-hydrogen) atoms. The van der Waals surface area contributed by atoms with Gasteiger partial charge in [0.25, 0.3) is 0 Å².